The van der Waals surface area contributed by atoms with Gasteiger partial charge in [-0.05, 0) is 49.5 Å². The van der Waals surface area contributed by atoms with Gasteiger partial charge in [-0.15, -0.1) is 12.4 Å². The zero-order valence-corrected chi connectivity index (χ0v) is 19.9. The normalized spacial score (nSPS) is 11.0. The van der Waals surface area contributed by atoms with Crippen molar-refractivity contribution in [3.8, 4) is 0 Å². The first-order valence-corrected chi connectivity index (χ1v) is 10.9. The molecule has 0 saturated carbocycles. The van der Waals surface area contributed by atoms with Gasteiger partial charge in [0, 0.05) is 33.7 Å². The average Bonchev–Trinajstić information content (AvgIpc) is 3.06. The van der Waals surface area contributed by atoms with Crippen LogP contribution in [0.3, 0.4) is 0 Å². The summed E-state index contributed by atoms with van der Waals surface area (Å²) in [7, 11) is 0. The van der Waals surface area contributed by atoms with Crippen LogP contribution in [-0.4, -0.2) is 42.0 Å². The van der Waals surface area contributed by atoms with Gasteiger partial charge in [0.2, 0.25) is 0 Å². The highest BCUT2D eigenvalue weighted by Crippen LogP contribution is 2.32. The molecular weight excluding hydrogens is 472 g/mol. The predicted octanol–water partition coefficient (Wildman–Crippen LogP) is 6.67. The van der Waals surface area contributed by atoms with E-state index in [0.29, 0.717) is 32.3 Å². The lowest BCUT2D eigenvalue weighted by molar-refractivity contribution is 0.0984. The SMILES string of the molecule is CCN(CC)CCN(C(=O)c1cc(Cl)cc(Cl)c1)c1nc2ccc(Cl)cc2s1.Cl. The van der Waals surface area contributed by atoms with Crippen LogP contribution >= 0.6 is 58.5 Å². The van der Waals surface area contributed by atoms with Gasteiger partial charge >= 0.3 is 0 Å². The monoisotopic (exact) mass is 491 g/mol. The Morgan fingerprint density at radius 2 is 1.62 bits per heavy atom. The lowest BCUT2D eigenvalue weighted by Crippen LogP contribution is -2.38. The first-order chi connectivity index (χ1) is 13.4. The summed E-state index contributed by atoms with van der Waals surface area (Å²) in [5.74, 6) is -0.179. The van der Waals surface area contributed by atoms with Gasteiger partial charge in [0.05, 0.1) is 10.2 Å². The number of halogens is 4. The van der Waals surface area contributed by atoms with E-state index in [9.17, 15) is 4.79 Å². The fourth-order valence-electron chi connectivity index (χ4n) is 2.90. The third-order valence-electron chi connectivity index (χ3n) is 4.46. The third-order valence-corrected chi connectivity index (χ3v) is 6.17. The molecule has 0 spiro atoms. The number of hydrogen-bond donors (Lipinski definition) is 0. The Morgan fingerprint density at radius 3 is 2.24 bits per heavy atom. The molecule has 0 aliphatic carbocycles. The smallest absolute Gasteiger partial charge is 0.260 e. The first-order valence-electron chi connectivity index (χ1n) is 8.97. The average molecular weight is 493 g/mol. The second-order valence-electron chi connectivity index (χ2n) is 6.25. The van der Waals surface area contributed by atoms with E-state index in [2.05, 4.69) is 23.7 Å². The molecule has 0 unspecified atom stereocenters. The van der Waals surface area contributed by atoms with Gasteiger partial charge in [0.1, 0.15) is 0 Å². The summed E-state index contributed by atoms with van der Waals surface area (Å²) in [6, 6.07) is 10.4. The molecular formula is C20H21Cl4N3OS. The van der Waals surface area contributed by atoms with Crippen LogP contribution in [0, 0.1) is 0 Å². The molecule has 1 aromatic heterocycles. The van der Waals surface area contributed by atoms with Gasteiger partial charge in [0.25, 0.3) is 5.91 Å². The summed E-state index contributed by atoms with van der Waals surface area (Å²) in [6.45, 7) is 7.29. The van der Waals surface area contributed by atoms with Gasteiger partial charge < -0.3 is 4.90 Å². The van der Waals surface area contributed by atoms with Crippen LogP contribution in [0.1, 0.15) is 24.2 Å². The molecule has 0 fully saturated rings. The molecule has 0 N–H and O–H groups in total. The van der Waals surface area contributed by atoms with Crippen molar-refractivity contribution < 1.29 is 4.79 Å². The Hall–Kier alpha value is -1.08. The molecule has 3 rings (SSSR count). The highest BCUT2D eigenvalue weighted by Gasteiger charge is 2.22. The highest BCUT2D eigenvalue weighted by atomic mass is 35.5. The minimum atomic E-state index is -0.179. The number of benzene rings is 2. The number of thiazole rings is 1. The van der Waals surface area contributed by atoms with Crippen LogP contribution in [-0.2, 0) is 0 Å². The van der Waals surface area contributed by atoms with Crippen LogP contribution < -0.4 is 4.90 Å². The van der Waals surface area contributed by atoms with Gasteiger partial charge in [-0.3, -0.25) is 9.69 Å². The maximum atomic E-state index is 13.3. The minimum absolute atomic E-state index is 0. The number of carbonyl (C=O) groups is 1. The zero-order chi connectivity index (χ0) is 20.3. The van der Waals surface area contributed by atoms with Crippen molar-refractivity contribution in [2.45, 2.75) is 13.8 Å². The molecule has 4 nitrogen and oxygen atoms in total. The Bertz CT molecular complexity index is 971. The summed E-state index contributed by atoms with van der Waals surface area (Å²) in [5.41, 5.74) is 1.25. The molecule has 29 heavy (non-hydrogen) atoms. The van der Waals surface area contributed by atoms with Crippen LogP contribution in [0.25, 0.3) is 10.2 Å². The number of aromatic nitrogens is 1. The molecule has 156 valence electrons. The molecule has 1 amide bonds. The van der Waals surface area contributed by atoms with Crippen molar-refractivity contribution in [3.63, 3.8) is 0 Å². The fourth-order valence-corrected chi connectivity index (χ4v) is 4.69. The maximum Gasteiger partial charge on any atom is 0.260 e. The van der Waals surface area contributed by atoms with E-state index in [1.807, 2.05) is 12.1 Å². The summed E-state index contributed by atoms with van der Waals surface area (Å²) < 4.78 is 0.937. The van der Waals surface area contributed by atoms with Crippen molar-refractivity contribution >= 4 is 79.8 Å². The van der Waals surface area contributed by atoms with E-state index in [1.165, 1.54) is 11.3 Å². The Labute approximate surface area is 195 Å². The van der Waals surface area contributed by atoms with Crippen molar-refractivity contribution in [2.24, 2.45) is 0 Å². The van der Waals surface area contributed by atoms with E-state index < -0.39 is 0 Å². The van der Waals surface area contributed by atoms with Gasteiger partial charge in [0.15, 0.2) is 5.13 Å². The van der Waals surface area contributed by atoms with Crippen LogP contribution in [0.15, 0.2) is 36.4 Å². The second-order valence-corrected chi connectivity index (χ2v) is 8.57. The summed E-state index contributed by atoms with van der Waals surface area (Å²) in [6.07, 6.45) is 0. The van der Waals surface area contributed by atoms with E-state index >= 15 is 0 Å². The van der Waals surface area contributed by atoms with Crippen molar-refractivity contribution in [1.29, 1.82) is 0 Å². The molecule has 0 aliphatic heterocycles. The summed E-state index contributed by atoms with van der Waals surface area (Å²) in [5, 5.41) is 2.13. The second kappa shape index (κ2) is 10.8. The van der Waals surface area contributed by atoms with E-state index in [0.717, 1.165) is 29.9 Å². The largest absolute Gasteiger partial charge is 0.302 e. The molecule has 0 aliphatic rings. The van der Waals surface area contributed by atoms with Crippen molar-refractivity contribution in [2.75, 3.05) is 31.1 Å². The van der Waals surface area contributed by atoms with E-state index in [4.69, 9.17) is 34.8 Å². The summed E-state index contributed by atoms with van der Waals surface area (Å²) >= 11 is 19.8. The molecule has 0 radical (unpaired) electrons. The highest BCUT2D eigenvalue weighted by molar-refractivity contribution is 7.22. The molecule has 3 aromatic rings. The van der Waals surface area contributed by atoms with Gasteiger partial charge in [-0.25, -0.2) is 4.98 Å². The van der Waals surface area contributed by atoms with Crippen LogP contribution in [0.4, 0.5) is 5.13 Å². The maximum absolute atomic E-state index is 13.3. The fraction of sp³-hybridized carbons (Fsp3) is 0.300. The predicted molar refractivity (Wildman–Crippen MR) is 128 cm³/mol. The number of anilines is 1. The molecule has 0 bridgehead atoms. The Balaban J connectivity index is 0.00000300. The molecule has 9 heteroatoms. The molecule has 1 heterocycles. The third kappa shape index (κ3) is 5.97. The molecule has 2 aromatic carbocycles. The number of amides is 1. The number of rotatable bonds is 7. The van der Waals surface area contributed by atoms with E-state index in [-0.39, 0.29) is 18.3 Å². The number of likely N-dealkylation sites (N-methyl/N-ethyl adjacent to an activating group) is 1. The first kappa shape index (κ1) is 24.2. The topological polar surface area (TPSA) is 36.4 Å². The van der Waals surface area contributed by atoms with Crippen molar-refractivity contribution in [3.05, 3.63) is 57.0 Å². The lowest BCUT2D eigenvalue weighted by atomic mass is 10.2. The van der Waals surface area contributed by atoms with Crippen LogP contribution in [0.2, 0.25) is 15.1 Å². The van der Waals surface area contributed by atoms with Gasteiger partial charge in [-0.1, -0.05) is 60.0 Å². The number of fused-ring (bicyclic) bond motifs is 1. The van der Waals surface area contributed by atoms with Gasteiger partial charge in [-0.2, -0.15) is 0 Å². The Morgan fingerprint density at radius 1 is 0.966 bits per heavy atom. The number of hydrogen-bond acceptors (Lipinski definition) is 4. The zero-order valence-electron chi connectivity index (χ0n) is 16.0. The quantitative estimate of drug-likeness (QED) is 0.369. The number of nitrogens with zero attached hydrogens (tertiary/aromatic N) is 3. The lowest BCUT2D eigenvalue weighted by Gasteiger charge is -2.24. The molecule has 0 saturated heterocycles. The minimum Gasteiger partial charge on any atom is -0.302 e. The van der Waals surface area contributed by atoms with E-state index in [1.54, 1.807) is 29.2 Å². The summed E-state index contributed by atoms with van der Waals surface area (Å²) in [4.78, 5) is 21.9. The Kier molecular flexibility index (Phi) is 9.01. The van der Waals surface area contributed by atoms with Crippen LogP contribution in [0.5, 0.6) is 0 Å². The molecule has 0 atom stereocenters. The number of carbonyl (C=O) groups excluding carboxylic acids is 1. The van der Waals surface area contributed by atoms with Crippen molar-refractivity contribution in [1.82, 2.24) is 9.88 Å². The standard InChI is InChI=1S/C20H20Cl3N3OS.ClH/c1-3-25(4-2)7-8-26(19(27)13-9-15(22)11-16(23)10-13)20-24-17-6-5-14(21)12-18(17)28-20;/h5-6,9-12H,3-4,7-8H2,1-2H3;1H.